The van der Waals surface area contributed by atoms with E-state index < -0.39 is 9.84 Å². The molecule has 122 valence electrons. The van der Waals surface area contributed by atoms with Crippen LogP contribution in [0.15, 0.2) is 16.8 Å². The third kappa shape index (κ3) is 2.98. The molecule has 0 aromatic rings. The lowest BCUT2D eigenvalue weighted by atomic mass is 9.49. The molecule has 2 bridgehead atoms. The summed E-state index contributed by atoms with van der Waals surface area (Å²) in [6, 6.07) is 0. The smallest absolute Gasteiger partial charge is 0.240 e. The van der Waals surface area contributed by atoms with Crippen LogP contribution in [0.25, 0.3) is 0 Å². The fourth-order valence-electron chi connectivity index (χ4n) is 4.06. The van der Waals surface area contributed by atoms with Crippen molar-refractivity contribution in [3.63, 3.8) is 0 Å². The van der Waals surface area contributed by atoms with Gasteiger partial charge in [-0.15, -0.1) is 0 Å². The Kier molecular flexibility index (Phi) is 3.91. The molecule has 6 heteroatoms. The van der Waals surface area contributed by atoms with E-state index in [2.05, 4.69) is 30.5 Å². The van der Waals surface area contributed by atoms with Gasteiger partial charge in [0.05, 0.1) is 17.7 Å². The Labute approximate surface area is 132 Å². The Morgan fingerprint density at radius 3 is 2.86 bits per heavy atom. The summed E-state index contributed by atoms with van der Waals surface area (Å²) in [5.74, 6) is 1.42. The highest BCUT2D eigenvalue weighted by Gasteiger charge is 2.50. The minimum Gasteiger partial charge on any atom is -0.273 e. The summed E-state index contributed by atoms with van der Waals surface area (Å²) in [5, 5.41) is 4.07. The molecule has 5 nitrogen and oxygen atoms in total. The van der Waals surface area contributed by atoms with E-state index in [0.29, 0.717) is 17.8 Å². The monoisotopic (exact) mass is 324 g/mol. The van der Waals surface area contributed by atoms with Crippen molar-refractivity contribution in [1.82, 2.24) is 5.43 Å². The predicted molar refractivity (Wildman–Crippen MR) is 86.1 cm³/mol. The fourth-order valence-corrected chi connectivity index (χ4v) is 5.93. The van der Waals surface area contributed by atoms with Crippen LogP contribution in [0.4, 0.5) is 0 Å². The normalized spacial score (nSPS) is 35.0. The largest absolute Gasteiger partial charge is 0.273 e. The van der Waals surface area contributed by atoms with E-state index in [-0.39, 0.29) is 29.8 Å². The van der Waals surface area contributed by atoms with Crippen molar-refractivity contribution in [3.8, 4) is 0 Å². The van der Waals surface area contributed by atoms with Crippen molar-refractivity contribution in [2.45, 2.75) is 39.5 Å². The summed E-state index contributed by atoms with van der Waals surface area (Å²) < 4.78 is 22.8. The Balaban J connectivity index is 1.48. The number of sulfone groups is 1. The van der Waals surface area contributed by atoms with Crippen molar-refractivity contribution in [1.29, 1.82) is 0 Å². The van der Waals surface area contributed by atoms with Crippen molar-refractivity contribution in [2.75, 3.05) is 11.5 Å². The van der Waals surface area contributed by atoms with Gasteiger partial charge in [0, 0.05) is 6.42 Å². The lowest BCUT2D eigenvalue weighted by Crippen LogP contribution is -2.48. The lowest BCUT2D eigenvalue weighted by Gasteiger charge is -2.55. The molecule has 4 aliphatic rings. The maximum absolute atomic E-state index is 11.8. The molecule has 2 fully saturated rings. The van der Waals surface area contributed by atoms with E-state index in [1.165, 1.54) is 12.0 Å². The van der Waals surface area contributed by atoms with Crippen LogP contribution in [0, 0.1) is 23.2 Å². The Hall–Kier alpha value is -1.17. The second-order valence-corrected chi connectivity index (χ2v) is 9.74. The van der Waals surface area contributed by atoms with Crippen LogP contribution < -0.4 is 5.43 Å². The predicted octanol–water partition coefficient (Wildman–Crippen LogP) is 1.91. The zero-order valence-electron chi connectivity index (χ0n) is 13.2. The van der Waals surface area contributed by atoms with E-state index in [1.807, 2.05) is 0 Å². The van der Waals surface area contributed by atoms with Gasteiger partial charge in [-0.2, -0.15) is 5.10 Å². The molecule has 1 N–H and O–H groups in total. The first kappa shape index (κ1) is 15.7. The van der Waals surface area contributed by atoms with Crippen LogP contribution in [-0.2, 0) is 14.6 Å². The minimum atomic E-state index is -2.92. The molecule has 3 aliphatic carbocycles. The van der Waals surface area contributed by atoms with E-state index in [4.69, 9.17) is 0 Å². The van der Waals surface area contributed by atoms with Gasteiger partial charge in [0.2, 0.25) is 5.91 Å². The third-order valence-corrected chi connectivity index (χ3v) is 7.55. The van der Waals surface area contributed by atoms with Crippen molar-refractivity contribution >= 4 is 22.0 Å². The third-order valence-electron chi connectivity index (χ3n) is 5.71. The number of hydrazone groups is 1. The molecule has 1 saturated carbocycles. The summed E-state index contributed by atoms with van der Waals surface area (Å²) in [6.07, 6.45) is 7.14. The number of hydrogen-bond donors (Lipinski definition) is 1. The maximum Gasteiger partial charge on any atom is 0.240 e. The summed E-state index contributed by atoms with van der Waals surface area (Å²) in [4.78, 5) is 11.8. The van der Waals surface area contributed by atoms with Crippen LogP contribution >= 0.6 is 0 Å². The van der Waals surface area contributed by atoms with Gasteiger partial charge >= 0.3 is 0 Å². The number of amides is 1. The molecular formula is C16H24N2O3S. The second-order valence-electron chi connectivity index (χ2n) is 7.51. The molecule has 1 amide bonds. The highest BCUT2D eigenvalue weighted by Crippen LogP contribution is 2.58. The molecule has 0 unspecified atom stereocenters. The van der Waals surface area contributed by atoms with Crippen LogP contribution in [-0.4, -0.2) is 32.0 Å². The quantitative estimate of drug-likeness (QED) is 0.634. The van der Waals surface area contributed by atoms with E-state index >= 15 is 0 Å². The first-order valence-corrected chi connectivity index (χ1v) is 9.82. The zero-order valence-corrected chi connectivity index (χ0v) is 14.0. The molecule has 0 spiro atoms. The average molecular weight is 324 g/mol. The summed E-state index contributed by atoms with van der Waals surface area (Å²) in [5.41, 5.74) is 4.11. The number of carbonyl (C=O) groups excluding carboxylic acids is 1. The van der Waals surface area contributed by atoms with Crippen molar-refractivity contribution in [2.24, 2.45) is 28.3 Å². The highest BCUT2D eigenvalue weighted by atomic mass is 32.2. The lowest BCUT2D eigenvalue weighted by molar-refractivity contribution is -0.121. The second kappa shape index (κ2) is 5.48. The van der Waals surface area contributed by atoms with Gasteiger partial charge in [-0.1, -0.05) is 19.9 Å². The first-order valence-electron chi connectivity index (χ1n) is 8.00. The van der Waals surface area contributed by atoms with E-state index in [9.17, 15) is 13.2 Å². The number of nitrogens with one attached hydrogen (secondary N) is 1. The van der Waals surface area contributed by atoms with Gasteiger partial charge in [0.15, 0.2) is 9.84 Å². The van der Waals surface area contributed by atoms with Gasteiger partial charge in [0.25, 0.3) is 0 Å². The molecule has 22 heavy (non-hydrogen) atoms. The van der Waals surface area contributed by atoms with Crippen LogP contribution in [0.2, 0.25) is 0 Å². The van der Waals surface area contributed by atoms with Gasteiger partial charge < -0.3 is 0 Å². The van der Waals surface area contributed by atoms with Crippen LogP contribution in [0.3, 0.4) is 0 Å². The van der Waals surface area contributed by atoms with Gasteiger partial charge in [0.1, 0.15) is 0 Å². The maximum atomic E-state index is 11.8. The molecule has 4 rings (SSSR count). The van der Waals surface area contributed by atoms with Gasteiger partial charge in [-0.3, -0.25) is 4.79 Å². The molecule has 1 heterocycles. The number of allylic oxidation sites excluding steroid dienone is 2. The summed E-state index contributed by atoms with van der Waals surface area (Å²) >= 11 is 0. The number of fused-ring (bicyclic) bond motifs is 1. The molecule has 0 aromatic heterocycles. The van der Waals surface area contributed by atoms with Crippen LogP contribution in [0.5, 0.6) is 0 Å². The highest BCUT2D eigenvalue weighted by molar-refractivity contribution is 7.91. The number of carbonyl (C=O) groups is 1. The minimum absolute atomic E-state index is 0.0552. The molecule has 3 atom stereocenters. The van der Waals surface area contributed by atoms with Crippen molar-refractivity contribution < 1.29 is 13.2 Å². The average Bonchev–Trinajstić information content (AvgIpc) is 2.77. The van der Waals surface area contributed by atoms with Crippen LogP contribution in [0.1, 0.15) is 39.5 Å². The number of rotatable bonds is 4. The summed E-state index contributed by atoms with van der Waals surface area (Å²) in [7, 11) is -2.92. The molecular weight excluding hydrogens is 300 g/mol. The Morgan fingerprint density at radius 2 is 2.27 bits per heavy atom. The molecule has 0 aromatic carbocycles. The standard InChI is InChI=1S/C16H24N2O3S/c1-16(2)13-4-3-12(14(16)8-13)9-17-18-15(19)7-11-5-6-22(20,21)10-11/h3,9,11,13-14H,4-8,10H2,1-2H3,(H,18,19)/b17-9+/t11-,13+,14-/m1/s1. The Morgan fingerprint density at radius 1 is 1.50 bits per heavy atom. The van der Waals surface area contributed by atoms with E-state index in [1.54, 1.807) is 6.21 Å². The van der Waals surface area contributed by atoms with E-state index in [0.717, 1.165) is 12.3 Å². The molecule has 0 radical (unpaired) electrons. The number of hydrogen-bond acceptors (Lipinski definition) is 4. The fraction of sp³-hybridized carbons (Fsp3) is 0.750. The topological polar surface area (TPSA) is 75.6 Å². The van der Waals surface area contributed by atoms with Gasteiger partial charge in [-0.05, 0) is 48.0 Å². The Bertz CT molecular complexity index is 634. The summed E-state index contributed by atoms with van der Waals surface area (Å²) in [6.45, 7) is 4.59. The van der Waals surface area contributed by atoms with Gasteiger partial charge in [-0.25, -0.2) is 13.8 Å². The SMILES string of the molecule is CC1(C)[C@H]2CC=C(/C=N/NC(=O)C[C@H]3CCS(=O)(=O)C3)[C@H]1C2. The zero-order chi connectivity index (χ0) is 16.0. The van der Waals surface area contributed by atoms with Crippen molar-refractivity contribution in [3.05, 3.63) is 11.6 Å². The number of nitrogens with zero attached hydrogens (tertiary/aromatic N) is 1. The molecule has 1 saturated heterocycles. The first-order chi connectivity index (χ1) is 10.3. The molecule has 1 aliphatic heterocycles.